The van der Waals surface area contributed by atoms with Gasteiger partial charge in [0, 0.05) is 13.7 Å². The van der Waals surface area contributed by atoms with E-state index in [0.717, 1.165) is 0 Å². The van der Waals surface area contributed by atoms with Gasteiger partial charge in [0.1, 0.15) is 18.8 Å². The molecule has 0 aliphatic carbocycles. The third kappa shape index (κ3) is 2.41. The van der Waals surface area contributed by atoms with E-state index in [-0.39, 0.29) is 19.1 Å². The lowest BCUT2D eigenvalue weighted by Gasteiger charge is -2.14. The third-order valence-electron chi connectivity index (χ3n) is 1.85. The summed E-state index contributed by atoms with van der Waals surface area (Å²) in [7, 11) is 1.38. The van der Waals surface area contributed by atoms with E-state index in [1.54, 1.807) is 0 Å². The van der Waals surface area contributed by atoms with Crippen molar-refractivity contribution in [2.24, 2.45) is 5.73 Å². The zero-order valence-corrected chi connectivity index (χ0v) is 7.78. The van der Waals surface area contributed by atoms with Gasteiger partial charge in [-0.05, 0) is 0 Å². The molecule has 80 valence electrons. The number of ether oxygens (including phenoxy) is 1. The van der Waals surface area contributed by atoms with Crippen LogP contribution in [0.4, 0.5) is 0 Å². The molecule has 0 bridgehead atoms. The first-order chi connectivity index (χ1) is 6.69. The van der Waals surface area contributed by atoms with Gasteiger partial charge >= 0.3 is 0 Å². The fourth-order valence-corrected chi connectivity index (χ4v) is 1.03. The van der Waals surface area contributed by atoms with Crippen molar-refractivity contribution in [3.8, 4) is 0 Å². The zero-order chi connectivity index (χ0) is 10.6. The number of nitrogens with one attached hydrogen (secondary N) is 2. The molecule has 0 radical (unpaired) electrons. The van der Waals surface area contributed by atoms with Crippen molar-refractivity contribution in [1.29, 1.82) is 0 Å². The molecule has 7 heteroatoms. The van der Waals surface area contributed by atoms with Crippen LogP contribution < -0.4 is 16.5 Å². The van der Waals surface area contributed by atoms with Gasteiger partial charge in [-0.1, -0.05) is 0 Å². The number of carbonyl (C=O) groups is 2. The summed E-state index contributed by atoms with van der Waals surface area (Å²) in [6.45, 7) is 0.184. The Bertz CT molecular complexity index is 229. The maximum atomic E-state index is 11.4. The summed E-state index contributed by atoms with van der Waals surface area (Å²) in [4.78, 5) is 27.0. The molecule has 0 aromatic carbocycles. The molecule has 2 amide bonds. The van der Waals surface area contributed by atoms with Crippen molar-refractivity contribution >= 4 is 11.8 Å². The van der Waals surface area contributed by atoms with E-state index in [1.165, 1.54) is 7.11 Å². The van der Waals surface area contributed by atoms with Gasteiger partial charge in [-0.2, -0.15) is 0 Å². The molecule has 1 saturated heterocycles. The Kier molecular flexibility index (Phi) is 3.81. The molecule has 2 atom stereocenters. The summed E-state index contributed by atoms with van der Waals surface area (Å²) in [5.41, 5.74) is 7.40. The van der Waals surface area contributed by atoms with E-state index in [4.69, 9.17) is 10.5 Å². The Hall–Kier alpha value is -1.18. The van der Waals surface area contributed by atoms with Gasteiger partial charge in [-0.25, -0.2) is 5.48 Å². The Morgan fingerprint density at radius 2 is 2.64 bits per heavy atom. The number of methoxy groups -OCH3 is 1. The lowest BCUT2D eigenvalue weighted by atomic mass is 10.2. The summed E-state index contributed by atoms with van der Waals surface area (Å²) in [5, 5.41) is 2.45. The van der Waals surface area contributed by atoms with Gasteiger partial charge in [-0.3, -0.25) is 14.4 Å². The average Bonchev–Trinajstić information content (AvgIpc) is 2.54. The van der Waals surface area contributed by atoms with E-state index in [0.29, 0.717) is 0 Å². The minimum absolute atomic E-state index is 0.0670. The van der Waals surface area contributed by atoms with Crippen LogP contribution in [-0.4, -0.2) is 44.2 Å². The van der Waals surface area contributed by atoms with Gasteiger partial charge in [0.2, 0.25) is 0 Å². The van der Waals surface area contributed by atoms with Crippen LogP contribution >= 0.6 is 0 Å². The largest absolute Gasteiger partial charge is 0.370 e. The number of nitrogens with two attached hydrogens (primary N) is 1. The molecule has 4 N–H and O–H groups in total. The second kappa shape index (κ2) is 4.89. The Morgan fingerprint density at radius 3 is 3.07 bits per heavy atom. The summed E-state index contributed by atoms with van der Waals surface area (Å²) < 4.78 is 4.80. The molecule has 14 heavy (non-hydrogen) atoms. The van der Waals surface area contributed by atoms with E-state index < -0.39 is 18.1 Å². The molecule has 1 rings (SSSR count). The smallest absolute Gasteiger partial charge is 0.268 e. The molecule has 1 aliphatic heterocycles. The predicted molar refractivity (Wildman–Crippen MR) is 45.9 cm³/mol. The van der Waals surface area contributed by atoms with Gasteiger partial charge in [0.25, 0.3) is 11.8 Å². The summed E-state index contributed by atoms with van der Waals surface area (Å²) in [6.07, 6.45) is -0.733. The minimum atomic E-state index is -0.733. The van der Waals surface area contributed by atoms with Crippen LogP contribution in [-0.2, 0) is 19.2 Å². The van der Waals surface area contributed by atoms with E-state index >= 15 is 0 Å². The van der Waals surface area contributed by atoms with Crippen molar-refractivity contribution in [2.45, 2.75) is 12.1 Å². The van der Waals surface area contributed by atoms with Crippen LogP contribution in [0, 0.1) is 0 Å². The second-order valence-corrected chi connectivity index (χ2v) is 2.80. The topological polar surface area (TPSA) is 103 Å². The first kappa shape index (κ1) is 10.9. The second-order valence-electron chi connectivity index (χ2n) is 2.80. The number of hydroxylamine groups is 1. The molecule has 0 spiro atoms. The molecule has 0 saturated carbocycles. The van der Waals surface area contributed by atoms with Crippen LogP contribution in [0.1, 0.15) is 0 Å². The van der Waals surface area contributed by atoms with E-state index in [9.17, 15) is 9.59 Å². The van der Waals surface area contributed by atoms with Crippen LogP contribution in [0.3, 0.4) is 0 Å². The van der Waals surface area contributed by atoms with E-state index in [2.05, 4.69) is 15.6 Å². The molecule has 1 aliphatic rings. The van der Waals surface area contributed by atoms with Crippen LogP contribution in [0.15, 0.2) is 0 Å². The maximum absolute atomic E-state index is 11.4. The number of hydrogen-bond acceptors (Lipinski definition) is 5. The SMILES string of the molecule is COC(CN)C(=O)N[C@@H]1CONC1=O. The highest BCUT2D eigenvalue weighted by atomic mass is 16.7. The lowest BCUT2D eigenvalue weighted by Crippen LogP contribution is -2.48. The highest BCUT2D eigenvalue weighted by Gasteiger charge is 2.29. The molecular weight excluding hydrogens is 190 g/mol. The molecule has 1 unspecified atom stereocenters. The molecule has 1 heterocycles. The predicted octanol–water partition coefficient (Wildman–Crippen LogP) is -2.49. The fraction of sp³-hybridized carbons (Fsp3) is 0.714. The molecular formula is C7H13N3O4. The monoisotopic (exact) mass is 203 g/mol. The first-order valence-electron chi connectivity index (χ1n) is 4.14. The molecule has 0 aromatic heterocycles. The van der Waals surface area contributed by atoms with Gasteiger partial charge in [0.05, 0.1) is 0 Å². The highest BCUT2D eigenvalue weighted by Crippen LogP contribution is 1.96. The summed E-state index contributed by atoms with van der Waals surface area (Å²) in [6, 6.07) is -0.660. The van der Waals surface area contributed by atoms with Crippen LogP contribution in [0.25, 0.3) is 0 Å². The van der Waals surface area contributed by atoms with Crippen molar-refractivity contribution in [3.05, 3.63) is 0 Å². The van der Waals surface area contributed by atoms with Gasteiger partial charge in [0.15, 0.2) is 0 Å². The number of hydrogen-bond donors (Lipinski definition) is 3. The van der Waals surface area contributed by atoms with Crippen molar-refractivity contribution in [1.82, 2.24) is 10.8 Å². The maximum Gasteiger partial charge on any atom is 0.268 e. The van der Waals surface area contributed by atoms with Crippen molar-refractivity contribution < 1.29 is 19.2 Å². The Morgan fingerprint density at radius 1 is 1.93 bits per heavy atom. The quantitative estimate of drug-likeness (QED) is 0.469. The fourth-order valence-electron chi connectivity index (χ4n) is 1.03. The van der Waals surface area contributed by atoms with Crippen LogP contribution in [0.5, 0.6) is 0 Å². The van der Waals surface area contributed by atoms with Crippen LogP contribution in [0.2, 0.25) is 0 Å². The number of rotatable bonds is 4. The normalized spacial score (nSPS) is 23.0. The average molecular weight is 203 g/mol. The van der Waals surface area contributed by atoms with Gasteiger partial charge < -0.3 is 15.8 Å². The first-order valence-corrected chi connectivity index (χ1v) is 4.14. The van der Waals surface area contributed by atoms with Crippen molar-refractivity contribution in [2.75, 3.05) is 20.3 Å². The van der Waals surface area contributed by atoms with E-state index in [1.807, 2.05) is 0 Å². The standard InChI is InChI=1S/C7H13N3O4/c1-13-5(2-8)7(12)9-4-3-14-10-6(4)11/h4-5H,2-3,8H2,1H3,(H,9,12)(H,10,11)/t4-,5?/m1/s1. The number of carbonyl (C=O) groups excluding carboxylic acids is 2. The van der Waals surface area contributed by atoms with Gasteiger partial charge in [-0.15, -0.1) is 0 Å². The Balaban J connectivity index is 2.43. The zero-order valence-electron chi connectivity index (χ0n) is 7.78. The summed E-state index contributed by atoms with van der Waals surface area (Å²) >= 11 is 0. The molecule has 7 nitrogen and oxygen atoms in total. The van der Waals surface area contributed by atoms with Crippen molar-refractivity contribution in [3.63, 3.8) is 0 Å². The molecule has 1 fully saturated rings. The molecule has 0 aromatic rings. The lowest BCUT2D eigenvalue weighted by molar-refractivity contribution is -0.134. The summed E-state index contributed by atoms with van der Waals surface area (Å²) in [5.74, 6) is -0.786. The minimum Gasteiger partial charge on any atom is -0.370 e. The third-order valence-corrected chi connectivity index (χ3v) is 1.85. The number of amides is 2. The highest BCUT2D eigenvalue weighted by molar-refractivity contribution is 5.89. The Labute approximate surface area is 80.9 Å².